The van der Waals surface area contributed by atoms with E-state index in [0.717, 1.165) is 43.7 Å². The molecule has 1 aromatic carbocycles. The van der Waals surface area contributed by atoms with Crippen LogP contribution in [0.2, 0.25) is 0 Å². The van der Waals surface area contributed by atoms with Crippen LogP contribution in [0.5, 0.6) is 0 Å². The van der Waals surface area contributed by atoms with Gasteiger partial charge in [-0.1, -0.05) is 0 Å². The molecule has 3 amide bonds. The molecule has 5 rings (SSSR count). The molecule has 10 nitrogen and oxygen atoms in total. The van der Waals surface area contributed by atoms with Crippen LogP contribution in [0.4, 0.5) is 16.2 Å². The van der Waals surface area contributed by atoms with Gasteiger partial charge in [0.15, 0.2) is 0 Å². The Morgan fingerprint density at radius 2 is 1.68 bits per heavy atom. The van der Waals surface area contributed by atoms with Crippen LogP contribution in [0.1, 0.15) is 50.4 Å². The summed E-state index contributed by atoms with van der Waals surface area (Å²) in [5.74, 6) is 0.472. The molecule has 3 aliphatic rings. The first-order valence-electron chi connectivity index (χ1n) is 13.5. The zero-order chi connectivity index (χ0) is 27.0. The molecule has 2 aromatic rings. The van der Waals surface area contributed by atoms with Gasteiger partial charge in [-0.15, -0.1) is 0 Å². The maximum absolute atomic E-state index is 13.6. The fourth-order valence-corrected chi connectivity index (χ4v) is 6.19. The Labute approximate surface area is 223 Å². The van der Waals surface area contributed by atoms with Gasteiger partial charge in [0.05, 0.1) is 17.7 Å². The fourth-order valence-electron chi connectivity index (χ4n) is 6.19. The molecule has 0 spiro atoms. The monoisotopic (exact) mass is 522 g/mol. The molecule has 1 aliphatic heterocycles. The number of aromatic nitrogens is 2. The van der Waals surface area contributed by atoms with Crippen molar-refractivity contribution in [3.63, 3.8) is 0 Å². The first kappa shape index (κ1) is 26.1. The standard InChI is InChI=1S/C28H38N6O4/c1-28(2,3)38-27(37)31-24-19-6-5-18(15-19)23(24)26(36)34-13-11-33(12-14-34)22-9-7-21(8-10-22)30-25(35)20-16-29-32(4)17-20/h7-10,16-19,23-24H,5-6,11-15H2,1-4H3,(H,30,35)(H,31,37)/t18-,19+,23+,24+/m0/s1. The minimum Gasteiger partial charge on any atom is -0.444 e. The molecule has 1 saturated heterocycles. The Morgan fingerprint density at radius 1 is 1.00 bits per heavy atom. The van der Waals surface area contributed by atoms with Crippen molar-refractivity contribution in [3.8, 4) is 0 Å². The molecule has 10 heteroatoms. The molecule has 4 atom stereocenters. The van der Waals surface area contributed by atoms with E-state index in [1.54, 1.807) is 17.9 Å². The molecule has 3 fully saturated rings. The van der Waals surface area contributed by atoms with E-state index in [1.807, 2.05) is 49.9 Å². The summed E-state index contributed by atoms with van der Waals surface area (Å²) in [6, 6.07) is 7.62. The van der Waals surface area contributed by atoms with Crippen LogP contribution in [0.3, 0.4) is 0 Å². The molecule has 0 radical (unpaired) electrons. The smallest absolute Gasteiger partial charge is 0.407 e. The van der Waals surface area contributed by atoms with E-state index >= 15 is 0 Å². The predicted octanol–water partition coefficient (Wildman–Crippen LogP) is 3.26. The summed E-state index contributed by atoms with van der Waals surface area (Å²) in [6.45, 7) is 8.30. The van der Waals surface area contributed by atoms with E-state index in [-0.39, 0.29) is 23.8 Å². The minimum absolute atomic E-state index is 0.149. The predicted molar refractivity (Wildman–Crippen MR) is 144 cm³/mol. The van der Waals surface area contributed by atoms with Gasteiger partial charge in [-0.25, -0.2) is 4.79 Å². The lowest BCUT2D eigenvalue weighted by atomic mass is 9.83. The molecule has 1 aromatic heterocycles. The number of amides is 3. The van der Waals surface area contributed by atoms with Gasteiger partial charge in [-0.3, -0.25) is 14.3 Å². The highest BCUT2D eigenvalue weighted by Crippen LogP contribution is 2.49. The van der Waals surface area contributed by atoms with E-state index in [0.29, 0.717) is 30.5 Å². The maximum atomic E-state index is 13.6. The van der Waals surface area contributed by atoms with Crippen LogP contribution in [0.15, 0.2) is 36.7 Å². The Bertz CT molecular complexity index is 1180. The van der Waals surface area contributed by atoms with Crippen LogP contribution < -0.4 is 15.5 Å². The maximum Gasteiger partial charge on any atom is 0.407 e. The van der Waals surface area contributed by atoms with Gasteiger partial charge in [0.2, 0.25) is 5.91 Å². The number of carbonyl (C=O) groups is 3. The summed E-state index contributed by atoms with van der Waals surface area (Å²) in [7, 11) is 1.77. The van der Waals surface area contributed by atoms with E-state index in [2.05, 4.69) is 20.6 Å². The van der Waals surface area contributed by atoms with E-state index in [1.165, 1.54) is 6.20 Å². The first-order chi connectivity index (χ1) is 18.1. The van der Waals surface area contributed by atoms with Gasteiger partial charge in [0.25, 0.3) is 5.91 Å². The summed E-state index contributed by atoms with van der Waals surface area (Å²) in [5, 5.41) is 9.98. The lowest BCUT2D eigenvalue weighted by Gasteiger charge is -2.40. The van der Waals surface area contributed by atoms with Crippen molar-refractivity contribution in [2.45, 2.75) is 51.7 Å². The quantitative estimate of drug-likeness (QED) is 0.624. The molecule has 38 heavy (non-hydrogen) atoms. The number of piperazine rings is 1. The highest BCUT2D eigenvalue weighted by molar-refractivity contribution is 6.04. The molecule has 2 bridgehead atoms. The molecule has 2 saturated carbocycles. The number of fused-ring (bicyclic) bond motifs is 2. The normalized spacial score (nSPS) is 24.8. The highest BCUT2D eigenvalue weighted by Gasteiger charge is 2.52. The largest absolute Gasteiger partial charge is 0.444 e. The minimum atomic E-state index is -0.569. The number of ether oxygens (including phenoxy) is 1. The van der Waals surface area contributed by atoms with Crippen LogP contribution in [0.25, 0.3) is 0 Å². The van der Waals surface area contributed by atoms with Crippen LogP contribution in [0, 0.1) is 17.8 Å². The van der Waals surface area contributed by atoms with E-state index < -0.39 is 11.7 Å². The Morgan fingerprint density at radius 3 is 2.32 bits per heavy atom. The second-order valence-electron chi connectivity index (χ2n) is 11.7. The van der Waals surface area contributed by atoms with Gasteiger partial charge >= 0.3 is 6.09 Å². The zero-order valence-electron chi connectivity index (χ0n) is 22.6. The number of carbonyl (C=O) groups excluding carboxylic acids is 3. The van der Waals surface area contributed by atoms with Crippen molar-refractivity contribution in [1.82, 2.24) is 20.0 Å². The van der Waals surface area contributed by atoms with Crippen molar-refractivity contribution < 1.29 is 19.1 Å². The molecule has 2 heterocycles. The number of nitrogens with zero attached hydrogens (tertiary/aromatic N) is 4. The van der Waals surface area contributed by atoms with Crippen LogP contribution >= 0.6 is 0 Å². The number of anilines is 2. The SMILES string of the molecule is Cn1cc(C(=O)Nc2ccc(N3CCN(C(=O)[C@@H]4[C@H]5CC[C@H](C5)[C@H]4NC(=O)OC(C)(C)C)CC3)cc2)cn1. The van der Waals surface area contributed by atoms with Gasteiger partial charge in [0, 0.05) is 56.8 Å². The lowest BCUT2D eigenvalue weighted by molar-refractivity contribution is -0.138. The molecular formula is C28H38N6O4. The van der Waals surface area contributed by atoms with Crippen LogP contribution in [-0.2, 0) is 16.6 Å². The number of rotatable bonds is 5. The average Bonchev–Trinajstić information content (AvgIpc) is 3.60. The molecule has 2 N–H and O–H groups in total. The first-order valence-corrected chi connectivity index (χ1v) is 13.5. The Balaban J connectivity index is 1.15. The van der Waals surface area contributed by atoms with Crippen molar-refractivity contribution >= 4 is 29.3 Å². The van der Waals surface area contributed by atoms with Crippen molar-refractivity contribution in [1.29, 1.82) is 0 Å². The summed E-state index contributed by atoms with van der Waals surface area (Å²) < 4.78 is 7.08. The number of hydrogen-bond acceptors (Lipinski definition) is 6. The second-order valence-corrected chi connectivity index (χ2v) is 11.7. The number of aryl methyl sites for hydroxylation is 1. The van der Waals surface area contributed by atoms with Crippen LogP contribution in [-0.4, -0.2) is 70.4 Å². The topological polar surface area (TPSA) is 109 Å². The molecule has 204 valence electrons. The Kier molecular flexibility index (Phi) is 7.07. The number of benzene rings is 1. The number of alkyl carbamates (subject to hydrolysis) is 1. The van der Waals surface area contributed by atoms with Crippen molar-refractivity contribution in [3.05, 3.63) is 42.2 Å². The number of nitrogens with one attached hydrogen (secondary N) is 2. The average molecular weight is 523 g/mol. The number of hydrogen-bond donors (Lipinski definition) is 2. The van der Waals surface area contributed by atoms with Gasteiger partial charge in [-0.2, -0.15) is 5.10 Å². The third-order valence-electron chi connectivity index (χ3n) is 7.93. The fraction of sp³-hybridized carbons (Fsp3) is 0.571. The third-order valence-corrected chi connectivity index (χ3v) is 7.93. The van der Waals surface area contributed by atoms with Gasteiger partial charge in [-0.05, 0) is 76.1 Å². The molecule has 0 unspecified atom stereocenters. The lowest BCUT2D eigenvalue weighted by Crippen LogP contribution is -2.55. The zero-order valence-corrected chi connectivity index (χ0v) is 22.6. The third kappa shape index (κ3) is 5.63. The summed E-state index contributed by atoms with van der Waals surface area (Å²) in [6.07, 6.45) is 5.89. The molecular weight excluding hydrogens is 484 g/mol. The summed E-state index contributed by atoms with van der Waals surface area (Å²) in [5.41, 5.74) is 1.72. The van der Waals surface area contributed by atoms with Crippen molar-refractivity contribution in [2.75, 3.05) is 36.4 Å². The summed E-state index contributed by atoms with van der Waals surface area (Å²) >= 11 is 0. The second kappa shape index (κ2) is 10.3. The van der Waals surface area contributed by atoms with Crippen molar-refractivity contribution in [2.24, 2.45) is 24.8 Å². The van der Waals surface area contributed by atoms with Gasteiger partial charge in [0.1, 0.15) is 5.60 Å². The van der Waals surface area contributed by atoms with E-state index in [9.17, 15) is 14.4 Å². The highest BCUT2D eigenvalue weighted by atomic mass is 16.6. The van der Waals surface area contributed by atoms with E-state index in [4.69, 9.17) is 4.74 Å². The van der Waals surface area contributed by atoms with Gasteiger partial charge < -0.3 is 25.2 Å². The summed E-state index contributed by atoms with van der Waals surface area (Å²) in [4.78, 5) is 42.7. The Hall–Kier alpha value is -3.56. The molecule has 2 aliphatic carbocycles.